The predicted octanol–water partition coefficient (Wildman–Crippen LogP) is 5.77. The van der Waals surface area contributed by atoms with Crippen LogP contribution in [0.1, 0.15) is 114 Å². The zero-order valence-corrected chi connectivity index (χ0v) is 24.2. The van der Waals surface area contributed by atoms with Gasteiger partial charge in [0.2, 0.25) is 0 Å². The van der Waals surface area contributed by atoms with E-state index in [1.54, 1.807) is 0 Å². The Bertz CT molecular complexity index is 368. The molecule has 0 saturated heterocycles. The second kappa shape index (κ2) is 39.1. The molecular formula is C27H60O7. The van der Waals surface area contributed by atoms with E-state index >= 15 is 0 Å². The van der Waals surface area contributed by atoms with E-state index in [0.717, 1.165) is 38.5 Å². The number of esters is 2. The quantitative estimate of drug-likeness (QED) is 0.232. The van der Waals surface area contributed by atoms with E-state index in [-0.39, 0.29) is 11.9 Å². The van der Waals surface area contributed by atoms with Crippen LogP contribution in [0.3, 0.4) is 0 Å². The summed E-state index contributed by atoms with van der Waals surface area (Å²) in [7, 11) is 0. The molecule has 0 rings (SSSR count). The van der Waals surface area contributed by atoms with Crippen molar-refractivity contribution in [1.29, 1.82) is 0 Å². The molecule has 0 saturated carbocycles. The van der Waals surface area contributed by atoms with E-state index in [9.17, 15) is 9.59 Å². The SMILES string of the molecule is CC(=O)OCCC(C)C.CC(C)CCO.CC(C)CO.CCCCCC(=O)OCC.CCCO. The van der Waals surface area contributed by atoms with Gasteiger partial charge in [-0.3, -0.25) is 9.59 Å². The Kier molecular flexibility index (Phi) is 49.3. The monoisotopic (exact) mass is 496 g/mol. The third kappa shape index (κ3) is 77.4. The van der Waals surface area contributed by atoms with Crippen LogP contribution >= 0.6 is 0 Å². The van der Waals surface area contributed by atoms with Crippen molar-refractivity contribution in [3.63, 3.8) is 0 Å². The van der Waals surface area contributed by atoms with Gasteiger partial charge < -0.3 is 24.8 Å². The van der Waals surface area contributed by atoms with Gasteiger partial charge in [0.1, 0.15) is 0 Å². The number of hydrogen-bond donors (Lipinski definition) is 3. The lowest BCUT2D eigenvalue weighted by Gasteiger charge is -2.02. The van der Waals surface area contributed by atoms with Crippen LogP contribution in [0.4, 0.5) is 0 Å². The van der Waals surface area contributed by atoms with Gasteiger partial charge in [-0.15, -0.1) is 0 Å². The van der Waals surface area contributed by atoms with Gasteiger partial charge in [0.05, 0.1) is 13.2 Å². The molecule has 0 aromatic heterocycles. The molecule has 0 aromatic rings. The van der Waals surface area contributed by atoms with Crippen LogP contribution in [-0.2, 0) is 19.1 Å². The average Bonchev–Trinajstić information content (AvgIpc) is 2.75. The number of aliphatic hydroxyl groups excluding tert-OH is 3. The largest absolute Gasteiger partial charge is 0.466 e. The van der Waals surface area contributed by atoms with E-state index in [0.29, 0.717) is 57.2 Å². The van der Waals surface area contributed by atoms with Crippen molar-refractivity contribution in [2.45, 2.75) is 114 Å². The van der Waals surface area contributed by atoms with Gasteiger partial charge in [-0.05, 0) is 50.4 Å². The molecule has 0 heterocycles. The normalized spacial score (nSPS) is 9.41. The smallest absolute Gasteiger partial charge is 0.305 e. The summed E-state index contributed by atoms with van der Waals surface area (Å²) in [6.07, 6.45) is 6.59. The van der Waals surface area contributed by atoms with Crippen molar-refractivity contribution >= 4 is 11.9 Å². The van der Waals surface area contributed by atoms with Gasteiger partial charge in [-0.2, -0.15) is 0 Å². The molecule has 0 aliphatic carbocycles. The molecule has 3 N–H and O–H groups in total. The lowest BCUT2D eigenvalue weighted by molar-refractivity contribution is -0.143. The van der Waals surface area contributed by atoms with Crippen molar-refractivity contribution in [2.75, 3.05) is 33.0 Å². The van der Waals surface area contributed by atoms with Crippen LogP contribution in [0.2, 0.25) is 0 Å². The van der Waals surface area contributed by atoms with Crippen molar-refractivity contribution in [2.24, 2.45) is 17.8 Å². The molecule has 34 heavy (non-hydrogen) atoms. The van der Waals surface area contributed by atoms with Crippen LogP contribution in [0, 0.1) is 17.8 Å². The topological polar surface area (TPSA) is 113 Å². The molecule has 0 spiro atoms. The van der Waals surface area contributed by atoms with Crippen molar-refractivity contribution in [1.82, 2.24) is 0 Å². The fourth-order valence-electron chi connectivity index (χ4n) is 1.45. The Balaban J connectivity index is -0.000000107. The summed E-state index contributed by atoms with van der Waals surface area (Å²) in [4.78, 5) is 20.9. The summed E-state index contributed by atoms with van der Waals surface area (Å²) < 4.78 is 9.46. The molecule has 0 bridgehead atoms. The first-order valence-electron chi connectivity index (χ1n) is 13.0. The van der Waals surface area contributed by atoms with E-state index in [2.05, 4.69) is 34.6 Å². The highest BCUT2D eigenvalue weighted by Gasteiger charge is 1.98. The number of ether oxygens (including phenoxy) is 2. The summed E-state index contributed by atoms with van der Waals surface area (Å²) in [5, 5.41) is 24.3. The predicted molar refractivity (Wildman–Crippen MR) is 143 cm³/mol. The lowest BCUT2D eigenvalue weighted by Crippen LogP contribution is -2.02. The zero-order chi connectivity index (χ0) is 27.8. The molecule has 0 aromatic carbocycles. The van der Waals surface area contributed by atoms with E-state index in [1.165, 1.54) is 6.92 Å². The number of rotatable bonds is 12. The molecule has 7 nitrogen and oxygen atoms in total. The highest BCUT2D eigenvalue weighted by atomic mass is 16.5. The summed E-state index contributed by atoms with van der Waals surface area (Å²) in [6, 6.07) is 0. The first-order valence-corrected chi connectivity index (χ1v) is 13.0. The van der Waals surface area contributed by atoms with Crippen LogP contribution in [0.15, 0.2) is 0 Å². The fourth-order valence-corrected chi connectivity index (χ4v) is 1.45. The van der Waals surface area contributed by atoms with Crippen LogP contribution in [-0.4, -0.2) is 60.3 Å². The summed E-state index contributed by atoms with van der Waals surface area (Å²) in [6.45, 7) is 21.7. The van der Waals surface area contributed by atoms with Crippen LogP contribution in [0.5, 0.6) is 0 Å². The van der Waals surface area contributed by atoms with Crippen molar-refractivity contribution in [3.8, 4) is 0 Å². The van der Waals surface area contributed by atoms with Gasteiger partial charge in [0.15, 0.2) is 0 Å². The molecule has 0 fully saturated rings. The van der Waals surface area contributed by atoms with Crippen molar-refractivity contribution < 1.29 is 34.4 Å². The van der Waals surface area contributed by atoms with Gasteiger partial charge in [-0.25, -0.2) is 0 Å². The molecule has 0 unspecified atom stereocenters. The fraction of sp³-hybridized carbons (Fsp3) is 0.926. The van der Waals surface area contributed by atoms with Crippen LogP contribution in [0.25, 0.3) is 0 Å². The Labute approximate surface area is 211 Å². The third-order valence-corrected chi connectivity index (χ3v) is 3.59. The number of unbranched alkanes of at least 4 members (excludes halogenated alkanes) is 2. The lowest BCUT2D eigenvalue weighted by atomic mass is 10.1. The van der Waals surface area contributed by atoms with Gasteiger partial charge in [0, 0.05) is 33.2 Å². The molecule has 0 aliphatic heterocycles. The Morgan fingerprint density at radius 1 is 0.706 bits per heavy atom. The second-order valence-corrected chi connectivity index (χ2v) is 8.99. The summed E-state index contributed by atoms with van der Waals surface area (Å²) >= 11 is 0. The molecule has 0 atom stereocenters. The highest BCUT2D eigenvalue weighted by molar-refractivity contribution is 5.69. The minimum atomic E-state index is -0.185. The van der Waals surface area contributed by atoms with E-state index in [4.69, 9.17) is 24.8 Å². The molecule has 0 aliphatic rings. The Morgan fingerprint density at radius 2 is 1.18 bits per heavy atom. The zero-order valence-electron chi connectivity index (χ0n) is 24.2. The Hall–Kier alpha value is -1.18. The maximum Gasteiger partial charge on any atom is 0.305 e. The minimum absolute atomic E-state index is 0.0593. The number of carbonyl (C=O) groups is 2. The summed E-state index contributed by atoms with van der Waals surface area (Å²) in [5.41, 5.74) is 0. The van der Waals surface area contributed by atoms with Crippen LogP contribution < -0.4 is 0 Å². The van der Waals surface area contributed by atoms with Crippen molar-refractivity contribution in [3.05, 3.63) is 0 Å². The number of aliphatic hydroxyl groups is 3. The number of carbonyl (C=O) groups excluding carboxylic acids is 2. The summed E-state index contributed by atoms with van der Waals surface area (Å²) in [5.74, 6) is 1.46. The standard InChI is InChI=1S/C8H16O2.C7H14O2.C5H12O.C4H10O.C3H8O/c1-3-5-6-7-8(9)10-4-2;1-6(2)4-5-9-7(3)8;1-5(2)3-4-6;1-4(2)3-5;1-2-3-4/h3-7H2,1-2H3;6H,4-5H2,1-3H3;5-6H,3-4H2,1-2H3;4-5H,3H2,1-2H3;4H,2-3H2,1H3. The number of hydrogen-bond acceptors (Lipinski definition) is 7. The molecule has 0 radical (unpaired) electrons. The minimum Gasteiger partial charge on any atom is -0.466 e. The van der Waals surface area contributed by atoms with Gasteiger partial charge >= 0.3 is 11.9 Å². The van der Waals surface area contributed by atoms with E-state index in [1.807, 2.05) is 27.7 Å². The molecular weight excluding hydrogens is 436 g/mol. The Morgan fingerprint density at radius 3 is 1.41 bits per heavy atom. The third-order valence-electron chi connectivity index (χ3n) is 3.59. The molecule has 0 amide bonds. The molecule has 7 heteroatoms. The van der Waals surface area contributed by atoms with Gasteiger partial charge in [0.25, 0.3) is 0 Å². The average molecular weight is 497 g/mol. The van der Waals surface area contributed by atoms with Gasteiger partial charge in [-0.1, -0.05) is 68.2 Å². The second-order valence-electron chi connectivity index (χ2n) is 8.99. The first kappa shape index (κ1) is 42.9. The van der Waals surface area contributed by atoms with E-state index < -0.39 is 0 Å². The maximum atomic E-state index is 10.7. The first-order chi connectivity index (χ1) is 15.9. The highest BCUT2D eigenvalue weighted by Crippen LogP contribution is 2.00. The molecule has 210 valence electrons. The maximum absolute atomic E-state index is 10.7.